The van der Waals surface area contributed by atoms with E-state index >= 15 is 0 Å². The molecule has 7 heteroatoms. The molecule has 3 rings (SSSR count). The van der Waals surface area contributed by atoms with Crippen LogP contribution in [0.1, 0.15) is 43.6 Å². The molecule has 1 aromatic carbocycles. The molecule has 29 heavy (non-hydrogen) atoms. The summed E-state index contributed by atoms with van der Waals surface area (Å²) in [7, 11) is 0. The lowest BCUT2D eigenvalue weighted by molar-refractivity contribution is -0.129. The molecule has 2 heterocycles. The Labute approximate surface area is 173 Å². The van der Waals surface area contributed by atoms with Crippen molar-refractivity contribution in [1.29, 1.82) is 0 Å². The summed E-state index contributed by atoms with van der Waals surface area (Å²) in [4.78, 5) is 18.7. The fourth-order valence-corrected chi connectivity index (χ4v) is 3.72. The molecule has 1 aliphatic rings. The van der Waals surface area contributed by atoms with Crippen LogP contribution in [-0.2, 0) is 11.3 Å². The van der Waals surface area contributed by atoms with Crippen molar-refractivity contribution in [3.8, 4) is 5.69 Å². The smallest absolute Gasteiger partial charge is 0.222 e. The Kier molecular flexibility index (Phi) is 6.90. The third-order valence-corrected chi connectivity index (χ3v) is 5.37. The fraction of sp³-hybridized carbons (Fsp3) is 0.500. The minimum atomic E-state index is 0.218. The van der Waals surface area contributed by atoms with Gasteiger partial charge in [0.25, 0.3) is 0 Å². The molecule has 0 aliphatic carbocycles. The number of nitrogens with one attached hydrogen (secondary N) is 2. The highest BCUT2D eigenvalue weighted by Crippen LogP contribution is 2.18. The van der Waals surface area contributed by atoms with Crippen LogP contribution in [0.5, 0.6) is 0 Å². The summed E-state index contributed by atoms with van der Waals surface area (Å²) in [6, 6.07) is 10.4. The van der Waals surface area contributed by atoms with Crippen molar-refractivity contribution in [3.05, 3.63) is 47.3 Å². The van der Waals surface area contributed by atoms with Gasteiger partial charge in [0.15, 0.2) is 5.96 Å². The summed E-state index contributed by atoms with van der Waals surface area (Å²) in [6.45, 7) is 11.0. The maximum Gasteiger partial charge on any atom is 0.222 e. The molecule has 1 atom stereocenters. The van der Waals surface area contributed by atoms with Gasteiger partial charge in [-0.1, -0.05) is 25.1 Å². The van der Waals surface area contributed by atoms with E-state index in [1.165, 1.54) is 0 Å². The van der Waals surface area contributed by atoms with E-state index in [-0.39, 0.29) is 11.9 Å². The number of hydrogen-bond acceptors (Lipinski definition) is 3. The lowest BCUT2D eigenvalue weighted by Gasteiger charge is -2.18. The average Bonchev–Trinajstić information content (AvgIpc) is 3.31. The van der Waals surface area contributed by atoms with E-state index in [2.05, 4.69) is 36.6 Å². The lowest BCUT2D eigenvalue weighted by Crippen LogP contribution is -2.45. The molecule has 1 fully saturated rings. The standard InChI is InChI=1S/C22H32N6O/c1-5-21(29)27-13-12-18(15-27)25-22(23-6-2)24-14-20-16(3)26-28(17(20)4)19-10-8-7-9-11-19/h7-11,18H,5-6,12-15H2,1-4H3,(H2,23,24,25). The number of aryl methyl sites for hydroxylation is 1. The number of carbonyl (C=O) groups is 1. The molecule has 0 saturated carbocycles. The minimum absolute atomic E-state index is 0.218. The van der Waals surface area contributed by atoms with Crippen molar-refractivity contribution in [2.45, 2.75) is 53.1 Å². The van der Waals surface area contributed by atoms with Crippen molar-refractivity contribution < 1.29 is 4.79 Å². The van der Waals surface area contributed by atoms with Gasteiger partial charge in [0.05, 0.1) is 17.9 Å². The number of para-hydroxylation sites is 1. The Bertz CT molecular complexity index is 858. The Morgan fingerprint density at radius 2 is 2.00 bits per heavy atom. The molecule has 1 unspecified atom stereocenters. The highest BCUT2D eigenvalue weighted by molar-refractivity contribution is 5.80. The maximum absolute atomic E-state index is 11.9. The van der Waals surface area contributed by atoms with Gasteiger partial charge in [-0.15, -0.1) is 0 Å². The van der Waals surface area contributed by atoms with Gasteiger partial charge in [0, 0.05) is 43.4 Å². The summed E-state index contributed by atoms with van der Waals surface area (Å²) >= 11 is 0. The Balaban J connectivity index is 1.71. The maximum atomic E-state index is 11.9. The van der Waals surface area contributed by atoms with Gasteiger partial charge in [-0.25, -0.2) is 9.67 Å². The summed E-state index contributed by atoms with van der Waals surface area (Å²) in [6.07, 6.45) is 1.50. The minimum Gasteiger partial charge on any atom is -0.357 e. The molecule has 2 aromatic rings. The van der Waals surface area contributed by atoms with Crippen molar-refractivity contribution in [2.75, 3.05) is 19.6 Å². The molecule has 0 bridgehead atoms. The van der Waals surface area contributed by atoms with Crippen LogP contribution in [0.25, 0.3) is 5.69 Å². The van der Waals surface area contributed by atoms with Gasteiger partial charge in [-0.05, 0) is 39.3 Å². The van der Waals surface area contributed by atoms with Crippen LogP contribution < -0.4 is 10.6 Å². The number of nitrogens with zero attached hydrogens (tertiary/aromatic N) is 4. The van der Waals surface area contributed by atoms with E-state index in [1.807, 2.05) is 41.6 Å². The van der Waals surface area contributed by atoms with Crippen molar-refractivity contribution in [1.82, 2.24) is 25.3 Å². The number of likely N-dealkylation sites (tertiary alicyclic amines) is 1. The van der Waals surface area contributed by atoms with Crippen LogP contribution in [0.15, 0.2) is 35.3 Å². The average molecular weight is 397 g/mol. The third-order valence-electron chi connectivity index (χ3n) is 5.37. The molecule has 1 aliphatic heterocycles. The second-order valence-corrected chi connectivity index (χ2v) is 7.42. The van der Waals surface area contributed by atoms with Gasteiger partial charge in [0.1, 0.15) is 0 Å². The second-order valence-electron chi connectivity index (χ2n) is 7.42. The molecule has 1 amide bonds. The first-order valence-electron chi connectivity index (χ1n) is 10.5. The third kappa shape index (κ3) is 4.96. The first-order chi connectivity index (χ1) is 14.0. The topological polar surface area (TPSA) is 74.6 Å². The molecule has 156 valence electrons. The van der Waals surface area contributed by atoms with E-state index in [9.17, 15) is 4.79 Å². The SMILES string of the molecule is CCNC(=NCc1c(C)nn(-c2ccccc2)c1C)NC1CCN(C(=O)CC)C1. The zero-order chi connectivity index (χ0) is 20.8. The molecule has 7 nitrogen and oxygen atoms in total. The monoisotopic (exact) mass is 396 g/mol. The fourth-order valence-electron chi connectivity index (χ4n) is 3.72. The van der Waals surface area contributed by atoms with E-state index in [0.717, 1.165) is 54.7 Å². The molecule has 1 saturated heterocycles. The van der Waals surface area contributed by atoms with Gasteiger partial charge in [-0.3, -0.25) is 4.79 Å². The summed E-state index contributed by atoms with van der Waals surface area (Å²) in [5.74, 6) is 1.00. The number of guanidine groups is 1. The summed E-state index contributed by atoms with van der Waals surface area (Å²) in [5.41, 5.74) is 4.29. The molecule has 2 N–H and O–H groups in total. The number of amides is 1. The van der Waals surface area contributed by atoms with E-state index in [1.54, 1.807) is 0 Å². The first kappa shape index (κ1) is 20.9. The normalized spacial score (nSPS) is 16.9. The van der Waals surface area contributed by atoms with Gasteiger partial charge in [-0.2, -0.15) is 5.10 Å². The predicted octanol–water partition coefficient (Wildman–Crippen LogP) is 2.56. The zero-order valence-electron chi connectivity index (χ0n) is 17.9. The lowest BCUT2D eigenvalue weighted by atomic mass is 10.2. The predicted molar refractivity (Wildman–Crippen MR) is 116 cm³/mol. The summed E-state index contributed by atoms with van der Waals surface area (Å²) in [5, 5.41) is 11.5. The van der Waals surface area contributed by atoms with Gasteiger partial charge >= 0.3 is 0 Å². The highest BCUT2D eigenvalue weighted by Gasteiger charge is 2.25. The highest BCUT2D eigenvalue weighted by atomic mass is 16.2. The molecular weight excluding hydrogens is 364 g/mol. The van der Waals surface area contributed by atoms with Crippen LogP contribution in [0.2, 0.25) is 0 Å². The number of rotatable bonds is 6. The van der Waals surface area contributed by atoms with Crippen molar-refractivity contribution >= 4 is 11.9 Å². The van der Waals surface area contributed by atoms with Crippen LogP contribution in [0.4, 0.5) is 0 Å². The van der Waals surface area contributed by atoms with Crippen LogP contribution in [0, 0.1) is 13.8 Å². The number of aromatic nitrogens is 2. The number of benzene rings is 1. The van der Waals surface area contributed by atoms with Crippen molar-refractivity contribution in [3.63, 3.8) is 0 Å². The van der Waals surface area contributed by atoms with E-state index in [4.69, 9.17) is 10.1 Å². The van der Waals surface area contributed by atoms with Gasteiger partial charge in [0.2, 0.25) is 5.91 Å². The number of carbonyl (C=O) groups excluding carboxylic acids is 1. The molecule has 0 radical (unpaired) electrons. The van der Waals surface area contributed by atoms with Crippen LogP contribution in [0.3, 0.4) is 0 Å². The van der Waals surface area contributed by atoms with Crippen LogP contribution >= 0.6 is 0 Å². The van der Waals surface area contributed by atoms with Gasteiger partial charge < -0.3 is 15.5 Å². The number of hydrogen-bond donors (Lipinski definition) is 2. The van der Waals surface area contributed by atoms with E-state index in [0.29, 0.717) is 13.0 Å². The van der Waals surface area contributed by atoms with E-state index < -0.39 is 0 Å². The Morgan fingerprint density at radius 1 is 1.24 bits per heavy atom. The second kappa shape index (κ2) is 9.58. The molecule has 1 aromatic heterocycles. The molecule has 0 spiro atoms. The first-order valence-corrected chi connectivity index (χ1v) is 10.5. The van der Waals surface area contributed by atoms with Crippen molar-refractivity contribution in [2.24, 2.45) is 4.99 Å². The zero-order valence-corrected chi connectivity index (χ0v) is 17.9. The quantitative estimate of drug-likeness (QED) is 0.581. The number of aliphatic imine (C=N–C) groups is 1. The Morgan fingerprint density at radius 3 is 2.69 bits per heavy atom. The molecular formula is C22H32N6O. The van der Waals surface area contributed by atoms with Crippen LogP contribution in [-0.4, -0.2) is 52.2 Å². The summed E-state index contributed by atoms with van der Waals surface area (Å²) < 4.78 is 1.98. The largest absolute Gasteiger partial charge is 0.357 e. The Hall–Kier alpha value is -2.83.